The van der Waals surface area contributed by atoms with E-state index >= 15 is 0 Å². The maximum Gasteiger partial charge on any atom is 0.271 e. The minimum atomic E-state index is -1.63. The Balaban J connectivity index is 1.53. The van der Waals surface area contributed by atoms with Crippen LogP contribution in [-0.2, 0) is 14.3 Å². The number of hydrogen-bond donors (Lipinski definition) is 2. The summed E-state index contributed by atoms with van der Waals surface area (Å²) in [5.74, 6) is -5.06. The number of aliphatic hydroxyl groups is 1. The van der Waals surface area contributed by atoms with Crippen molar-refractivity contribution in [1.82, 2.24) is 0 Å². The molecule has 0 unspecified atom stereocenters. The van der Waals surface area contributed by atoms with E-state index in [1.54, 1.807) is 6.07 Å². The molecule has 2 aliphatic heterocycles. The van der Waals surface area contributed by atoms with Crippen LogP contribution in [0.4, 0.5) is 11.4 Å². The van der Waals surface area contributed by atoms with Crippen molar-refractivity contribution in [2.75, 3.05) is 4.90 Å². The highest BCUT2D eigenvalue weighted by atomic mass is 35.5. The lowest BCUT2D eigenvalue weighted by atomic mass is 9.64. The second-order valence-corrected chi connectivity index (χ2v) is 9.58. The van der Waals surface area contributed by atoms with Crippen LogP contribution in [0.25, 0.3) is 0 Å². The zero-order valence-electron chi connectivity index (χ0n) is 18.3. The van der Waals surface area contributed by atoms with Crippen LogP contribution >= 0.6 is 11.6 Å². The highest BCUT2D eigenvalue weighted by Gasteiger charge is 2.66. The lowest BCUT2D eigenvalue weighted by Crippen LogP contribution is -2.53. The number of nitrogens with zero attached hydrogens (tertiary/aromatic N) is 2. The van der Waals surface area contributed by atoms with Gasteiger partial charge >= 0.3 is 0 Å². The van der Waals surface area contributed by atoms with Gasteiger partial charge in [-0.05, 0) is 43.0 Å². The number of fused-ring (bicyclic) bond motifs is 3. The first kappa shape index (κ1) is 22.8. The molecule has 3 aliphatic rings. The van der Waals surface area contributed by atoms with E-state index in [2.05, 4.69) is 0 Å². The number of phenols is 1. The minimum absolute atomic E-state index is 0.00135. The smallest absolute Gasteiger partial charge is 0.271 e. The maximum absolute atomic E-state index is 13.6. The Morgan fingerprint density at radius 2 is 1.97 bits per heavy atom. The topological polar surface area (TPSA) is 130 Å². The van der Waals surface area contributed by atoms with Gasteiger partial charge in [0.2, 0.25) is 11.8 Å². The summed E-state index contributed by atoms with van der Waals surface area (Å²) in [4.78, 5) is 38.6. The summed E-state index contributed by atoms with van der Waals surface area (Å²) in [7, 11) is 0. The number of non-ortho nitro benzene ring substituents is 1. The largest absolute Gasteiger partial charge is 0.508 e. The monoisotopic (exact) mass is 486 g/mol. The van der Waals surface area contributed by atoms with Crippen molar-refractivity contribution in [2.24, 2.45) is 23.7 Å². The number of benzene rings is 2. The average Bonchev–Trinajstić information content (AvgIpc) is 3.26. The van der Waals surface area contributed by atoms with E-state index < -0.39 is 46.4 Å². The van der Waals surface area contributed by atoms with Crippen LogP contribution in [0.15, 0.2) is 42.5 Å². The Morgan fingerprint density at radius 1 is 1.21 bits per heavy atom. The lowest BCUT2D eigenvalue weighted by Gasteiger charge is -2.44. The molecule has 2 N–H and O–H groups in total. The molecule has 2 aromatic carbocycles. The third-order valence-electron chi connectivity index (χ3n) is 7.49. The maximum atomic E-state index is 13.6. The molecule has 2 aromatic rings. The summed E-state index contributed by atoms with van der Waals surface area (Å²) < 4.78 is 6.16. The number of carbonyl (C=O) groups is 2. The number of imide groups is 1. The molecular weight excluding hydrogens is 464 g/mol. The predicted octanol–water partition coefficient (Wildman–Crippen LogP) is 3.96. The first-order valence-corrected chi connectivity index (χ1v) is 11.5. The summed E-state index contributed by atoms with van der Waals surface area (Å²) in [5.41, 5.74) is 0.510. The summed E-state index contributed by atoms with van der Waals surface area (Å²) in [6.07, 6.45) is 0.441. The quantitative estimate of drug-likeness (QED) is 0.380. The van der Waals surface area contributed by atoms with Gasteiger partial charge in [-0.2, -0.15) is 0 Å². The fourth-order valence-corrected chi connectivity index (χ4v) is 6.21. The molecule has 1 saturated carbocycles. The number of rotatable bonds is 4. The number of aromatic hydroxyl groups is 1. The second-order valence-electron chi connectivity index (χ2n) is 9.17. The second kappa shape index (κ2) is 8.04. The number of ether oxygens (including phenoxy) is 1. The van der Waals surface area contributed by atoms with E-state index in [0.29, 0.717) is 12.0 Å². The lowest BCUT2D eigenvalue weighted by molar-refractivity contribution is -0.384. The van der Waals surface area contributed by atoms with Gasteiger partial charge in [0.15, 0.2) is 5.79 Å². The number of nitro benzene ring substituents is 1. The van der Waals surface area contributed by atoms with E-state index in [-0.39, 0.29) is 40.9 Å². The third kappa shape index (κ3) is 3.30. The molecule has 2 heterocycles. The summed E-state index contributed by atoms with van der Waals surface area (Å²) >= 11 is 6.32. The van der Waals surface area contributed by atoms with Crippen LogP contribution in [0.2, 0.25) is 5.02 Å². The molecule has 178 valence electrons. The standard InChI is InChI=1S/C24H23ClN2O7/c1-2-12-8-17-21(23(30)26(22(17)29)13-4-3-5-14(9-13)27(32)33)18-11-20(34-24(12,18)31)16-7-6-15(28)10-19(16)25/h3-7,9-10,12,17-18,20-21,28,31H,2,8,11H2,1H3/t12-,17-,18-,20-,21-,24+/m0/s1. The molecule has 5 rings (SSSR count). The van der Waals surface area contributed by atoms with E-state index in [4.69, 9.17) is 16.3 Å². The van der Waals surface area contributed by atoms with Gasteiger partial charge in [-0.15, -0.1) is 0 Å². The van der Waals surface area contributed by atoms with Gasteiger partial charge in [-0.25, -0.2) is 4.90 Å². The van der Waals surface area contributed by atoms with Crippen LogP contribution in [-0.4, -0.2) is 32.7 Å². The molecular formula is C24H23ClN2O7. The zero-order chi connectivity index (χ0) is 24.4. The number of halogens is 1. The molecule has 0 bridgehead atoms. The van der Waals surface area contributed by atoms with Gasteiger partial charge in [0, 0.05) is 24.0 Å². The van der Waals surface area contributed by atoms with E-state index in [9.17, 15) is 29.9 Å². The average molecular weight is 487 g/mol. The highest BCUT2D eigenvalue weighted by molar-refractivity contribution is 6.31. The van der Waals surface area contributed by atoms with Gasteiger partial charge in [0.1, 0.15) is 5.75 Å². The number of nitro groups is 1. The number of anilines is 1. The molecule has 3 fully saturated rings. The number of hydrogen-bond acceptors (Lipinski definition) is 7. The van der Waals surface area contributed by atoms with Gasteiger partial charge < -0.3 is 14.9 Å². The van der Waals surface area contributed by atoms with Gasteiger partial charge in [-0.3, -0.25) is 19.7 Å². The molecule has 0 radical (unpaired) electrons. The summed E-state index contributed by atoms with van der Waals surface area (Å²) in [6, 6.07) is 9.92. The predicted molar refractivity (Wildman–Crippen MR) is 121 cm³/mol. The van der Waals surface area contributed by atoms with E-state index in [1.165, 1.54) is 36.4 Å². The highest BCUT2D eigenvalue weighted by Crippen LogP contribution is 2.59. The molecule has 2 amide bonds. The molecule has 1 aliphatic carbocycles. The molecule has 34 heavy (non-hydrogen) atoms. The zero-order valence-corrected chi connectivity index (χ0v) is 19.0. The Hall–Kier alpha value is -3.01. The first-order valence-electron chi connectivity index (χ1n) is 11.2. The summed E-state index contributed by atoms with van der Waals surface area (Å²) in [6.45, 7) is 1.89. The van der Waals surface area contributed by atoms with Gasteiger partial charge in [-0.1, -0.05) is 30.7 Å². The van der Waals surface area contributed by atoms with Crippen molar-refractivity contribution < 1.29 is 29.5 Å². The Labute approximate surface area is 200 Å². The van der Waals surface area contributed by atoms with Crippen LogP contribution in [0.3, 0.4) is 0 Å². The van der Waals surface area contributed by atoms with Crippen LogP contribution in [0, 0.1) is 33.8 Å². The fourth-order valence-electron chi connectivity index (χ4n) is 5.92. The Morgan fingerprint density at radius 3 is 2.65 bits per heavy atom. The SMILES string of the molecule is CC[C@H]1C[C@@H]2C(=O)N(c3cccc([N+](=O)[O-])c3)C(=O)[C@@H]2[C@@H]2C[C@@H](c3ccc(O)cc3Cl)O[C@]12O. The van der Waals surface area contributed by atoms with E-state index in [1.807, 2.05) is 6.92 Å². The number of phenolic OH excluding ortho intramolecular Hbond substituents is 1. The normalized spacial score (nSPS) is 32.6. The number of amides is 2. The molecule has 0 spiro atoms. The molecule has 6 atom stereocenters. The van der Waals surface area contributed by atoms with Gasteiger partial charge in [0.25, 0.3) is 5.69 Å². The molecule has 10 heteroatoms. The van der Waals surface area contributed by atoms with Crippen molar-refractivity contribution in [3.63, 3.8) is 0 Å². The minimum Gasteiger partial charge on any atom is -0.508 e. The number of carbonyl (C=O) groups excluding carboxylic acids is 2. The fraction of sp³-hybridized carbons (Fsp3) is 0.417. The molecule has 0 aromatic heterocycles. The Kier molecular flexibility index (Phi) is 5.38. The van der Waals surface area contributed by atoms with Gasteiger partial charge in [0.05, 0.1) is 33.6 Å². The van der Waals surface area contributed by atoms with Crippen LogP contribution in [0.5, 0.6) is 5.75 Å². The third-order valence-corrected chi connectivity index (χ3v) is 7.81. The van der Waals surface area contributed by atoms with Crippen molar-refractivity contribution in [2.45, 2.75) is 38.1 Å². The van der Waals surface area contributed by atoms with Crippen molar-refractivity contribution in [3.8, 4) is 5.75 Å². The van der Waals surface area contributed by atoms with Crippen molar-refractivity contribution in [1.29, 1.82) is 0 Å². The summed E-state index contributed by atoms with van der Waals surface area (Å²) in [5, 5.41) is 32.9. The van der Waals surface area contributed by atoms with Crippen LogP contribution in [0.1, 0.15) is 37.9 Å². The molecule has 2 saturated heterocycles. The molecule has 9 nitrogen and oxygen atoms in total. The Bertz CT molecular complexity index is 1200. The van der Waals surface area contributed by atoms with Crippen molar-refractivity contribution >= 4 is 34.8 Å². The van der Waals surface area contributed by atoms with Crippen LogP contribution < -0.4 is 4.90 Å². The van der Waals surface area contributed by atoms with Crippen molar-refractivity contribution in [3.05, 3.63) is 63.2 Å². The van der Waals surface area contributed by atoms with E-state index in [0.717, 1.165) is 4.90 Å². The first-order chi connectivity index (χ1) is 16.2.